The van der Waals surface area contributed by atoms with Crippen molar-refractivity contribution < 1.29 is 33.8 Å². The number of hydrogen-bond donors (Lipinski definition) is 1. The smallest absolute Gasteiger partial charge is 0.334 e. The maximum atomic E-state index is 13.6. The molecule has 0 bridgehead atoms. The summed E-state index contributed by atoms with van der Waals surface area (Å²) >= 11 is 0. The largest absolute Gasteiger partial charge is 0.462 e. The third kappa shape index (κ3) is 3.70. The number of ether oxygens (including phenoxy) is 2. The molecule has 6 rings (SSSR count). The third-order valence-electron chi connectivity index (χ3n) is 12.0. The maximum Gasteiger partial charge on any atom is 0.334 e. The van der Waals surface area contributed by atoms with Gasteiger partial charge in [0.1, 0.15) is 23.6 Å². The average Bonchev–Trinajstić information content (AvgIpc) is 3.49. The van der Waals surface area contributed by atoms with Crippen LogP contribution in [0.4, 0.5) is 0 Å². The maximum absolute atomic E-state index is 13.6. The first-order valence-electron chi connectivity index (χ1n) is 14.6. The molecule has 0 aromatic rings. The first kappa shape index (κ1) is 26.2. The minimum atomic E-state index is -1.66. The van der Waals surface area contributed by atoms with Gasteiger partial charge in [-0.2, -0.15) is 0 Å². The van der Waals surface area contributed by atoms with Crippen LogP contribution in [0, 0.1) is 52.3 Å². The molecule has 2 aliphatic heterocycles. The van der Waals surface area contributed by atoms with Gasteiger partial charge in [-0.15, -0.1) is 0 Å². The molecule has 6 fully saturated rings. The van der Waals surface area contributed by atoms with Gasteiger partial charge in [-0.3, -0.25) is 14.4 Å². The van der Waals surface area contributed by atoms with Crippen molar-refractivity contribution in [3.63, 3.8) is 0 Å². The monoisotopic (exact) mass is 526 g/mol. The van der Waals surface area contributed by atoms with E-state index in [2.05, 4.69) is 34.3 Å². The highest BCUT2D eigenvalue weighted by Gasteiger charge is 2.66. The summed E-state index contributed by atoms with van der Waals surface area (Å²) in [7, 11) is 0. The number of carbonyl (C=O) groups excluding carboxylic acids is 4. The second-order valence-corrected chi connectivity index (χ2v) is 14.7. The van der Waals surface area contributed by atoms with E-state index in [0.717, 1.165) is 25.7 Å². The predicted molar refractivity (Wildman–Crippen MR) is 137 cm³/mol. The van der Waals surface area contributed by atoms with E-state index in [0.29, 0.717) is 24.8 Å². The van der Waals surface area contributed by atoms with Crippen LogP contribution in [0.15, 0.2) is 12.2 Å². The van der Waals surface area contributed by atoms with Crippen molar-refractivity contribution >= 4 is 23.5 Å². The standard InChI is InChI=1S/C31H42O7/c1-15-17-7-10-30(4,5)20-14-22(33)31(36,25(20)27(17)38-28(15)35)11-8-18-21(32)13-19-24(18)26-16(12-23(34)37-26)6-9-29(19,2)3/h16-20,24-27,36H,1,6-14H2,2-5H3/t16-,17-,18?,19+,20+,24-,25-,26-,27-,31+/m0/s1. The fourth-order valence-corrected chi connectivity index (χ4v) is 9.61. The number of fused-ring (bicyclic) bond motifs is 6. The van der Waals surface area contributed by atoms with Crippen LogP contribution in [0.1, 0.15) is 85.5 Å². The van der Waals surface area contributed by atoms with Crippen LogP contribution in [0.3, 0.4) is 0 Å². The van der Waals surface area contributed by atoms with Gasteiger partial charge in [-0.05, 0) is 61.2 Å². The summed E-state index contributed by atoms with van der Waals surface area (Å²) < 4.78 is 11.7. The minimum absolute atomic E-state index is 0.0477. The summed E-state index contributed by atoms with van der Waals surface area (Å²) in [5.74, 6) is -1.70. The van der Waals surface area contributed by atoms with E-state index < -0.39 is 23.6 Å². The Labute approximate surface area is 225 Å². The van der Waals surface area contributed by atoms with E-state index >= 15 is 0 Å². The summed E-state index contributed by atoms with van der Waals surface area (Å²) in [5.41, 5.74) is -1.47. The Morgan fingerprint density at radius 1 is 0.895 bits per heavy atom. The lowest BCUT2D eigenvalue weighted by atomic mass is 9.67. The molecule has 0 spiro atoms. The SMILES string of the molecule is C=C1C(=O)O[C@@H]2[C@@H]3[C@@H](CC(=O)[C@]3(O)CCC3C(=O)C[C@@H]4[C@H]3[C@H]3OC(=O)C[C@@H]3CCC4(C)C)C(C)(C)CC[C@@H]12. The van der Waals surface area contributed by atoms with Gasteiger partial charge >= 0.3 is 11.9 Å². The fourth-order valence-electron chi connectivity index (χ4n) is 9.61. The van der Waals surface area contributed by atoms with Gasteiger partial charge in [-0.25, -0.2) is 4.79 Å². The summed E-state index contributed by atoms with van der Waals surface area (Å²) in [5, 5.41) is 12.2. The zero-order valence-electron chi connectivity index (χ0n) is 23.2. The van der Waals surface area contributed by atoms with Crippen molar-refractivity contribution in [1.29, 1.82) is 0 Å². The second kappa shape index (κ2) is 8.49. The molecule has 0 aromatic carbocycles. The molecule has 2 heterocycles. The molecule has 7 heteroatoms. The van der Waals surface area contributed by atoms with Crippen LogP contribution in [0.25, 0.3) is 0 Å². The van der Waals surface area contributed by atoms with Crippen LogP contribution >= 0.6 is 0 Å². The highest BCUT2D eigenvalue weighted by atomic mass is 16.6. The summed E-state index contributed by atoms with van der Waals surface area (Å²) in [6.45, 7) is 12.7. The Bertz CT molecular complexity index is 1100. The molecule has 0 aromatic heterocycles. The predicted octanol–water partition coefficient (Wildman–Crippen LogP) is 4.19. The third-order valence-corrected chi connectivity index (χ3v) is 12.0. The summed E-state index contributed by atoms with van der Waals surface area (Å²) in [6, 6.07) is 0. The minimum Gasteiger partial charge on any atom is -0.462 e. The molecule has 10 atom stereocenters. The Morgan fingerprint density at radius 3 is 2.32 bits per heavy atom. The van der Waals surface area contributed by atoms with Crippen LogP contribution in [0.5, 0.6) is 0 Å². The fraction of sp³-hybridized carbons (Fsp3) is 0.806. The highest BCUT2D eigenvalue weighted by Crippen LogP contribution is 2.60. The zero-order chi connectivity index (χ0) is 27.4. The zero-order valence-corrected chi connectivity index (χ0v) is 23.2. The molecule has 208 valence electrons. The lowest BCUT2D eigenvalue weighted by Gasteiger charge is -2.40. The number of hydrogen-bond acceptors (Lipinski definition) is 7. The molecule has 0 radical (unpaired) electrons. The van der Waals surface area contributed by atoms with Crippen molar-refractivity contribution in [3.8, 4) is 0 Å². The molecule has 1 N–H and O–H groups in total. The van der Waals surface area contributed by atoms with Crippen molar-refractivity contribution in [2.24, 2.45) is 52.3 Å². The molecule has 4 aliphatic carbocycles. The van der Waals surface area contributed by atoms with Crippen LogP contribution < -0.4 is 0 Å². The van der Waals surface area contributed by atoms with Crippen molar-refractivity contribution in [1.82, 2.24) is 0 Å². The van der Waals surface area contributed by atoms with Crippen molar-refractivity contribution in [2.45, 2.75) is 103 Å². The molecule has 6 aliphatic rings. The Kier molecular flexibility index (Phi) is 5.86. The molecule has 7 nitrogen and oxygen atoms in total. The van der Waals surface area contributed by atoms with E-state index in [9.17, 15) is 24.3 Å². The average molecular weight is 527 g/mol. The van der Waals surface area contributed by atoms with Gasteiger partial charge in [0.25, 0.3) is 0 Å². The number of Topliss-reactive ketones (excluding diaryl/α,β-unsaturated/α-hetero) is 2. The van der Waals surface area contributed by atoms with Gasteiger partial charge in [0.15, 0.2) is 5.78 Å². The number of aliphatic hydroxyl groups is 1. The second-order valence-electron chi connectivity index (χ2n) is 14.7. The Hall–Kier alpha value is -2.02. The molecule has 1 unspecified atom stereocenters. The number of rotatable bonds is 3. The van der Waals surface area contributed by atoms with Gasteiger partial charge in [0.05, 0.1) is 6.42 Å². The highest BCUT2D eigenvalue weighted by molar-refractivity contribution is 5.93. The van der Waals surface area contributed by atoms with Crippen molar-refractivity contribution in [2.75, 3.05) is 0 Å². The van der Waals surface area contributed by atoms with E-state index in [-0.39, 0.29) is 82.8 Å². The Balaban J connectivity index is 1.31. The van der Waals surface area contributed by atoms with Gasteiger partial charge < -0.3 is 14.6 Å². The first-order chi connectivity index (χ1) is 17.7. The molecule has 0 amide bonds. The summed E-state index contributed by atoms with van der Waals surface area (Å²) in [6.07, 6.45) is 4.23. The first-order valence-corrected chi connectivity index (χ1v) is 14.6. The van der Waals surface area contributed by atoms with Crippen LogP contribution in [-0.2, 0) is 28.7 Å². The topological polar surface area (TPSA) is 107 Å². The van der Waals surface area contributed by atoms with Crippen LogP contribution in [-0.4, -0.2) is 46.4 Å². The van der Waals surface area contributed by atoms with E-state index in [4.69, 9.17) is 9.47 Å². The quantitative estimate of drug-likeness (QED) is 0.434. The molecule has 4 saturated carbocycles. The van der Waals surface area contributed by atoms with E-state index in [1.807, 2.05) is 0 Å². The molecular formula is C31H42O7. The number of carbonyl (C=O) groups is 4. The van der Waals surface area contributed by atoms with Crippen LogP contribution in [0.2, 0.25) is 0 Å². The lowest BCUT2D eigenvalue weighted by Crippen LogP contribution is -2.49. The van der Waals surface area contributed by atoms with Gasteiger partial charge in [0.2, 0.25) is 0 Å². The van der Waals surface area contributed by atoms with Gasteiger partial charge in [0, 0.05) is 48.0 Å². The van der Waals surface area contributed by atoms with Crippen molar-refractivity contribution in [3.05, 3.63) is 12.2 Å². The summed E-state index contributed by atoms with van der Waals surface area (Å²) in [4.78, 5) is 51.9. The van der Waals surface area contributed by atoms with Gasteiger partial charge in [-0.1, -0.05) is 34.3 Å². The number of esters is 2. The normalized spacial score (nSPS) is 47.0. The van der Waals surface area contributed by atoms with E-state index in [1.54, 1.807) is 0 Å². The molecule has 38 heavy (non-hydrogen) atoms. The molecular weight excluding hydrogens is 484 g/mol. The lowest BCUT2D eigenvalue weighted by molar-refractivity contribution is -0.156. The Morgan fingerprint density at radius 2 is 1.58 bits per heavy atom. The number of ketones is 2. The van der Waals surface area contributed by atoms with E-state index in [1.165, 1.54) is 0 Å². The molecule has 2 saturated heterocycles.